The Balaban J connectivity index is 2.45. The fraction of sp³-hybridized carbons (Fsp3) is 0.200. The van der Waals surface area contributed by atoms with E-state index in [1.165, 1.54) is 0 Å². The Hall–Kier alpha value is -1.23. The van der Waals surface area contributed by atoms with Crippen molar-refractivity contribution < 1.29 is 9.47 Å². The van der Waals surface area contributed by atoms with Crippen molar-refractivity contribution in [2.24, 2.45) is 5.73 Å². The van der Waals surface area contributed by atoms with Gasteiger partial charge in [-0.25, -0.2) is 0 Å². The van der Waals surface area contributed by atoms with Crippen molar-refractivity contribution in [1.82, 2.24) is 0 Å². The van der Waals surface area contributed by atoms with E-state index in [1.807, 2.05) is 36.4 Å². The number of methoxy groups -OCH3 is 2. The molecule has 3 nitrogen and oxygen atoms in total. The van der Waals surface area contributed by atoms with Crippen molar-refractivity contribution >= 4 is 27.5 Å². The molecular weight excluding hydrogens is 342 g/mol. The van der Waals surface area contributed by atoms with Crippen molar-refractivity contribution in [1.29, 1.82) is 0 Å². The maximum atomic E-state index is 6.33. The third-order valence-electron chi connectivity index (χ3n) is 3.07. The number of hydrogen-bond acceptors (Lipinski definition) is 3. The Labute approximate surface area is 131 Å². The summed E-state index contributed by atoms with van der Waals surface area (Å²) in [6, 6.07) is 10.9. The first-order valence-electron chi connectivity index (χ1n) is 5.99. The van der Waals surface area contributed by atoms with Gasteiger partial charge >= 0.3 is 0 Å². The number of halogens is 2. The molecule has 0 radical (unpaired) electrons. The number of nitrogens with two attached hydrogens (primary N) is 1. The molecule has 2 rings (SSSR count). The number of benzene rings is 2. The molecule has 0 bridgehead atoms. The second-order valence-electron chi connectivity index (χ2n) is 4.26. The minimum absolute atomic E-state index is 0.342. The summed E-state index contributed by atoms with van der Waals surface area (Å²) in [5.74, 6) is 1.46. The van der Waals surface area contributed by atoms with Gasteiger partial charge in [-0.2, -0.15) is 0 Å². The van der Waals surface area contributed by atoms with Gasteiger partial charge in [0.05, 0.1) is 25.3 Å². The van der Waals surface area contributed by atoms with Crippen LogP contribution in [0.5, 0.6) is 11.5 Å². The average molecular weight is 357 g/mol. The van der Waals surface area contributed by atoms with E-state index >= 15 is 0 Å². The highest BCUT2D eigenvalue weighted by atomic mass is 79.9. The summed E-state index contributed by atoms with van der Waals surface area (Å²) in [5.41, 5.74) is 8.08. The minimum atomic E-state index is -0.342. The molecule has 1 unspecified atom stereocenters. The molecule has 20 heavy (non-hydrogen) atoms. The van der Waals surface area contributed by atoms with Crippen molar-refractivity contribution in [3.63, 3.8) is 0 Å². The Bertz CT molecular complexity index is 619. The van der Waals surface area contributed by atoms with Gasteiger partial charge in [0, 0.05) is 10.0 Å². The maximum absolute atomic E-state index is 6.33. The fourth-order valence-corrected chi connectivity index (χ4v) is 2.40. The first-order chi connectivity index (χ1) is 9.56. The predicted octanol–water partition coefficient (Wildman–Crippen LogP) is 4.17. The zero-order chi connectivity index (χ0) is 14.7. The summed E-state index contributed by atoms with van der Waals surface area (Å²) in [6.45, 7) is 0. The third-order valence-corrected chi connectivity index (χ3v) is 4.31. The van der Waals surface area contributed by atoms with Gasteiger partial charge in [-0.3, -0.25) is 0 Å². The van der Waals surface area contributed by atoms with Crippen LogP contribution in [0.4, 0.5) is 0 Å². The molecule has 5 heteroatoms. The van der Waals surface area contributed by atoms with Crippen LogP contribution in [0.3, 0.4) is 0 Å². The molecule has 0 amide bonds. The number of ether oxygens (including phenoxy) is 2. The second-order valence-corrected chi connectivity index (χ2v) is 5.52. The molecule has 1 atom stereocenters. The lowest BCUT2D eigenvalue weighted by Gasteiger charge is -2.17. The molecule has 2 aromatic rings. The highest BCUT2D eigenvalue weighted by molar-refractivity contribution is 9.10. The first-order valence-corrected chi connectivity index (χ1v) is 7.16. The largest absolute Gasteiger partial charge is 0.497 e. The van der Waals surface area contributed by atoms with Crippen LogP contribution in [0.15, 0.2) is 40.9 Å². The lowest BCUT2D eigenvalue weighted by Crippen LogP contribution is -2.13. The standard InChI is InChI=1S/C15H15BrClNO2/c1-19-10-4-6-14(20-2)11(8-10)15(18)9-3-5-12(16)13(17)7-9/h3-8,15H,18H2,1-2H3. The molecule has 0 aliphatic carbocycles. The van der Waals surface area contributed by atoms with Gasteiger partial charge in [0.2, 0.25) is 0 Å². The van der Waals surface area contributed by atoms with Crippen LogP contribution in [0, 0.1) is 0 Å². The van der Waals surface area contributed by atoms with Crippen LogP contribution >= 0.6 is 27.5 Å². The lowest BCUT2D eigenvalue weighted by molar-refractivity contribution is 0.397. The van der Waals surface area contributed by atoms with E-state index in [-0.39, 0.29) is 6.04 Å². The molecule has 0 fully saturated rings. The summed E-state index contributed by atoms with van der Waals surface area (Å²) in [5, 5.41) is 0.625. The Morgan fingerprint density at radius 2 is 1.85 bits per heavy atom. The highest BCUT2D eigenvalue weighted by Gasteiger charge is 2.16. The Morgan fingerprint density at radius 3 is 2.45 bits per heavy atom. The molecule has 0 saturated carbocycles. The van der Waals surface area contributed by atoms with Crippen LogP contribution in [-0.2, 0) is 0 Å². The van der Waals surface area contributed by atoms with Gasteiger partial charge in [0.25, 0.3) is 0 Å². The van der Waals surface area contributed by atoms with Gasteiger partial charge < -0.3 is 15.2 Å². The summed E-state index contributed by atoms with van der Waals surface area (Å²) < 4.78 is 11.4. The SMILES string of the molecule is COc1ccc(OC)c(C(N)c2ccc(Br)c(Cl)c2)c1. The zero-order valence-corrected chi connectivity index (χ0v) is 13.5. The lowest BCUT2D eigenvalue weighted by atomic mass is 9.98. The van der Waals surface area contributed by atoms with Gasteiger partial charge in [-0.15, -0.1) is 0 Å². The molecule has 0 aliphatic rings. The molecular formula is C15H15BrClNO2. The number of hydrogen-bond donors (Lipinski definition) is 1. The highest BCUT2D eigenvalue weighted by Crippen LogP contribution is 2.33. The second kappa shape index (κ2) is 6.48. The summed E-state index contributed by atoms with van der Waals surface area (Å²) in [7, 11) is 3.24. The van der Waals surface area contributed by atoms with Gasteiger partial charge in [-0.05, 0) is 51.8 Å². The number of rotatable bonds is 4. The zero-order valence-electron chi connectivity index (χ0n) is 11.2. The monoisotopic (exact) mass is 355 g/mol. The molecule has 106 valence electrons. The third kappa shape index (κ3) is 3.08. The van der Waals surface area contributed by atoms with Crippen LogP contribution in [0.25, 0.3) is 0 Å². The Morgan fingerprint density at radius 1 is 1.10 bits per heavy atom. The maximum Gasteiger partial charge on any atom is 0.124 e. The normalized spacial score (nSPS) is 12.1. The van der Waals surface area contributed by atoms with Crippen molar-refractivity contribution in [3.05, 3.63) is 57.0 Å². The van der Waals surface area contributed by atoms with Gasteiger partial charge in [0.1, 0.15) is 11.5 Å². The van der Waals surface area contributed by atoms with E-state index in [0.717, 1.165) is 27.1 Å². The average Bonchev–Trinajstić information content (AvgIpc) is 2.48. The van der Waals surface area contributed by atoms with Crippen molar-refractivity contribution in [2.75, 3.05) is 14.2 Å². The predicted molar refractivity (Wildman–Crippen MR) is 84.7 cm³/mol. The summed E-state index contributed by atoms with van der Waals surface area (Å²) >= 11 is 9.49. The first kappa shape index (κ1) is 15.2. The van der Waals surface area contributed by atoms with E-state index in [4.69, 9.17) is 26.8 Å². The summed E-state index contributed by atoms with van der Waals surface area (Å²) in [4.78, 5) is 0. The molecule has 0 heterocycles. The van der Waals surface area contributed by atoms with E-state index in [2.05, 4.69) is 15.9 Å². The van der Waals surface area contributed by atoms with Crippen LogP contribution in [0.1, 0.15) is 17.2 Å². The molecule has 2 N–H and O–H groups in total. The smallest absolute Gasteiger partial charge is 0.124 e. The topological polar surface area (TPSA) is 44.5 Å². The van der Waals surface area contributed by atoms with Crippen molar-refractivity contribution in [2.45, 2.75) is 6.04 Å². The molecule has 2 aromatic carbocycles. The van der Waals surface area contributed by atoms with E-state index in [0.29, 0.717) is 5.02 Å². The molecule has 0 saturated heterocycles. The Kier molecular flexibility index (Phi) is 4.91. The van der Waals surface area contributed by atoms with Crippen LogP contribution in [0.2, 0.25) is 5.02 Å². The molecule has 0 aromatic heterocycles. The van der Waals surface area contributed by atoms with Gasteiger partial charge in [0.15, 0.2) is 0 Å². The summed E-state index contributed by atoms with van der Waals surface area (Å²) in [6.07, 6.45) is 0. The minimum Gasteiger partial charge on any atom is -0.497 e. The van der Waals surface area contributed by atoms with E-state index < -0.39 is 0 Å². The molecule has 0 spiro atoms. The van der Waals surface area contributed by atoms with Crippen LogP contribution in [-0.4, -0.2) is 14.2 Å². The van der Waals surface area contributed by atoms with Crippen LogP contribution < -0.4 is 15.2 Å². The van der Waals surface area contributed by atoms with Gasteiger partial charge in [-0.1, -0.05) is 17.7 Å². The van der Waals surface area contributed by atoms with Crippen molar-refractivity contribution in [3.8, 4) is 11.5 Å². The van der Waals surface area contributed by atoms with E-state index in [9.17, 15) is 0 Å². The quantitative estimate of drug-likeness (QED) is 0.894. The van der Waals surface area contributed by atoms with E-state index in [1.54, 1.807) is 14.2 Å². The molecule has 0 aliphatic heterocycles. The fourth-order valence-electron chi connectivity index (χ4n) is 1.97.